The first-order valence-electron chi connectivity index (χ1n) is 12.9. The SMILES string of the molecule is CN1CCN(c2ccc(Nc3ncc(C#N)c(NCCCN4CCCOC4=O)n3)c(C3CC3)c2)CC1. The van der Waals surface area contributed by atoms with Gasteiger partial charge in [-0.3, -0.25) is 0 Å². The predicted molar refractivity (Wildman–Crippen MR) is 139 cm³/mol. The summed E-state index contributed by atoms with van der Waals surface area (Å²) in [5, 5.41) is 16.2. The minimum Gasteiger partial charge on any atom is -0.449 e. The quantitative estimate of drug-likeness (QED) is 0.511. The molecule has 2 saturated heterocycles. The Morgan fingerprint density at radius 3 is 2.78 bits per heavy atom. The van der Waals surface area contributed by atoms with E-state index in [4.69, 9.17) is 4.74 Å². The Labute approximate surface area is 212 Å². The maximum atomic E-state index is 11.8. The van der Waals surface area contributed by atoms with E-state index in [0.717, 1.165) is 51.3 Å². The Morgan fingerprint density at radius 2 is 2.03 bits per heavy atom. The molecular formula is C26H34N8O2. The van der Waals surface area contributed by atoms with Gasteiger partial charge in [-0.15, -0.1) is 0 Å². The highest BCUT2D eigenvalue weighted by molar-refractivity contribution is 5.68. The number of carbonyl (C=O) groups is 1. The number of nitriles is 1. The number of ether oxygens (including phenoxy) is 1. The van der Waals surface area contributed by atoms with Gasteiger partial charge in [0.2, 0.25) is 5.95 Å². The molecule has 0 atom stereocenters. The first-order chi connectivity index (χ1) is 17.6. The molecule has 10 nitrogen and oxygen atoms in total. The highest BCUT2D eigenvalue weighted by Gasteiger charge is 2.28. The van der Waals surface area contributed by atoms with Crippen molar-refractivity contribution in [1.29, 1.82) is 5.26 Å². The van der Waals surface area contributed by atoms with E-state index < -0.39 is 0 Å². The summed E-state index contributed by atoms with van der Waals surface area (Å²) in [4.78, 5) is 27.3. The Morgan fingerprint density at radius 1 is 1.19 bits per heavy atom. The van der Waals surface area contributed by atoms with E-state index in [2.05, 4.69) is 61.7 Å². The van der Waals surface area contributed by atoms with Crippen LogP contribution in [0.2, 0.25) is 0 Å². The van der Waals surface area contributed by atoms with Crippen LogP contribution in [-0.2, 0) is 4.74 Å². The van der Waals surface area contributed by atoms with E-state index in [1.807, 2.05) is 0 Å². The van der Waals surface area contributed by atoms with Crippen LogP contribution >= 0.6 is 0 Å². The maximum Gasteiger partial charge on any atom is 0.409 e. The summed E-state index contributed by atoms with van der Waals surface area (Å²) in [5.41, 5.74) is 4.00. The van der Waals surface area contributed by atoms with E-state index in [1.165, 1.54) is 24.1 Å². The molecule has 1 aromatic heterocycles. The van der Waals surface area contributed by atoms with Gasteiger partial charge in [-0.1, -0.05) is 0 Å². The molecule has 1 amide bonds. The summed E-state index contributed by atoms with van der Waals surface area (Å²) in [6.07, 6.45) is 5.29. The third kappa shape index (κ3) is 5.79. The Hall–Kier alpha value is -3.58. The predicted octanol–water partition coefficient (Wildman–Crippen LogP) is 3.37. The van der Waals surface area contributed by atoms with Gasteiger partial charge in [-0.2, -0.15) is 10.2 Å². The van der Waals surface area contributed by atoms with Gasteiger partial charge in [-0.25, -0.2) is 9.78 Å². The number of carbonyl (C=O) groups excluding carboxylic acids is 1. The van der Waals surface area contributed by atoms with Crippen molar-refractivity contribution in [2.75, 3.05) is 75.0 Å². The molecule has 10 heteroatoms. The zero-order valence-electron chi connectivity index (χ0n) is 20.9. The molecule has 0 unspecified atom stereocenters. The highest BCUT2D eigenvalue weighted by atomic mass is 16.6. The lowest BCUT2D eigenvalue weighted by atomic mass is 10.1. The minimum absolute atomic E-state index is 0.252. The summed E-state index contributed by atoms with van der Waals surface area (Å²) in [5.74, 6) is 1.53. The minimum atomic E-state index is -0.252. The third-order valence-electron chi connectivity index (χ3n) is 7.03. The lowest BCUT2D eigenvalue weighted by Crippen LogP contribution is -2.44. The molecule has 1 saturated carbocycles. The van der Waals surface area contributed by atoms with Crippen molar-refractivity contribution in [2.45, 2.75) is 31.6 Å². The van der Waals surface area contributed by atoms with Crippen molar-refractivity contribution in [3.8, 4) is 6.07 Å². The summed E-state index contributed by atoms with van der Waals surface area (Å²) < 4.78 is 5.08. The fraction of sp³-hybridized carbons (Fsp3) is 0.538. The molecule has 1 aliphatic carbocycles. The number of amides is 1. The van der Waals surface area contributed by atoms with Crippen LogP contribution in [0.5, 0.6) is 0 Å². The zero-order valence-corrected chi connectivity index (χ0v) is 20.9. The summed E-state index contributed by atoms with van der Waals surface area (Å²) >= 11 is 0. The van der Waals surface area contributed by atoms with Crippen molar-refractivity contribution in [3.05, 3.63) is 35.5 Å². The fourth-order valence-corrected chi connectivity index (χ4v) is 4.71. The smallest absolute Gasteiger partial charge is 0.409 e. The first kappa shape index (κ1) is 24.1. The number of rotatable bonds is 9. The molecule has 190 valence electrons. The number of aromatic nitrogens is 2. The summed E-state index contributed by atoms with van der Waals surface area (Å²) in [7, 11) is 2.17. The van der Waals surface area contributed by atoms with Crippen LogP contribution in [-0.4, -0.2) is 85.3 Å². The number of nitrogens with one attached hydrogen (secondary N) is 2. The molecule has 2 N–H and O–H groups in total. The van der Waals surface area contributed by atoms with Crippen LogP contribution in [0.1, 0.15) is 42.7 Å². The molecule has 2 aliphatic heterocycles. The fourth-order valence-electron chi connectivity index (χ4n) is 4.71. The molecule has 1 aromatic carbocycles. The molecule has 2 aromatic rings. The molecule has 0 spiro atoms. The van der Waals surface area contributed by atoms with Crippen LogP contribution in [0, 0.1) is 11.3 Å². The Balaban J connectivity index is 1.24. The average Bonchev–Trinajstić information content (AvgIpc) is 3.74. The topological polar surface area (TPSA) is 110 Å². The maximum absolute atomic E-state index is 11.8. The Kier molecular flexibility index (Phi) is 7.37. The molecule has 5 rings (SSSR count). The second kappa shape index (κ2) is 11.0. The van der Waals surface area contributed by atoms with Crippen LogP contribution in [0.4, 0.5) is 27.9 Å². The summed E-state index contributed by atoms with van der Waals surface area (Å²) in [6, 6.07) is 8.79. The number of likely N-dealkylation sites (N-methyl/N-ethyl adjacent to an activating group) is 1. The summed E-state index contributed by atoms with van der Waals surface area (Å²) in [6.45, 7) is 6.65. The van der Waals surface area contributed by atoms with Crippen molar-refractivity contribution < 1.29 is 9.53 Å². The van der Waals surface area contributed by atoms with Crippen LogP contribution < -0.4 is 15.5 Å². The number of hydrogen-bond donors (Lipinski definition) is 2. The van der Waals surface area contributed by atoms with Gasteiger partial charge < -0.3 is 30.1 Å². The van der Waals surface area contributed by atoms with E-state index >= 15 is 0 Å². The van der Waals surface area contributed by atoms with E-state index in [9.17, 15) is 10.1 Å². The molecular weight excluding hydrogens is 456 g/mol. The van der Waals surface area contributed by atoms with Gasteiger partial charge in [0.15, 0.2) is 0 Å². The molecule has 36 heavy (non-hydrogen) atoms. The second-order valence-corrected chi connectivity index (χ2v) is 9.76. The standard InChI is InChI=1S/C26H34N8O2/c1-32-11-13-33(14-12-32)21-6-7-23(22(16-21)19-4-5-19)30-25-29-18-20(17-27)24(31-25)28-8-2-9-34-10-3-15-36-26(34)35/h6-7,16,18-19H,2-5,8-15H2,1H3,(H2,28,29,30,31). The van der Waals surface area contributed by atoms with Gasteiger partial charge in [0, 0.05) is 57.2 Å². The largest absolute Gasteiger partial charge is 0.449 e. The van der Waals surface area contributed by atoms with Crippen LogP contribution in [0.15, 0.2) is 24.4 Å². The number of piperazine rings is 1. The average molecular weight is 491 g/mol. The number of anilines is 4. The van der Waals surface area contributed by atoms with Crippen molar-refractivity contribution >= 4 is 29.2 Å². The monoisotopic (exact) mass is 490 g/mol. The number of hydrogen-bond acceptors (Lipinski definition) is 9. The number of benzene rings is 1. The van der Waals surface area contributed by atoms with E-state index in [0.29, 0.717) is 42.9 Å². The van der Waals surface area contributed by atoms with Gasteiger partial charge in [-0.05, 0) is 62.4 Å². The van der Waals surface area contributed by atoms with E-state index in [1.54, 1.807) is 11.1 Å². The first-order valence-corrected chi connectivity index (χ1v) is 12.9. The molecule has 0 bridgehead atoms. The van der Waals surface area contributed by atoms with Gasteiger partial charge in [0.1, 0.15) is 17.5 Å². The molecule has 3 fully saturated rings. The van der Waals surface area contributed by atoms with Crippen LogP contribution in [0.3, 0.4) is 0 Å². The molecule has 0 radical (unpaired) electrons. The van der Waals surface area contributed by atoms with Crippen molar-refractivity contribution in [1.82, 2.24) is 19.8 Å². The van der Waals surface area contributed by atoms with Crippen LogP contribution in [0.25, 0.3) is 0 Å². The number of nitrogens with zero attached hydrogens (tertiary/aromatic N) is 6. The lowest BCUT2D eigenvalue weighted by molar-refractivity contribution is 0.0729. The zero-order chi connectivity index (χ0) is 24.9. The van der Waals surface area contributed by atoms with E-state index in [-0.39, 0.29) is 6.09 Å². The van der Waals surface area contributed by atoms with Gasteiger partial charge in [0.05, 0.1) is 12.8 Å². The third-order valence-corrected chi connectivity index (χ3v) is 7.03. The van der Waals surface area contributed by atoms with Crippen molar-refractivity contribution in [3.63, 3.8) is 0 Å². The molecule has 3 aliphatic rings. The van der Waals surface area contributed by atoms with Gasteiger partial charge >= 0.3 is 6.09 Å². The normalized spacial score (nSPS) is 18.5. The molecule has 3 heterocycles. The van der Waals surface area contributed by atoms with Gasteiger partial charge in [0.25, 0.3) is 0 Å². The second-order valence-electron chi connectivity index (χ2n) is 9.76. The lowest BCUT2D eigenvalue weighted by Gasteiger charge is -2.34. The highest BCUT2D eigenvalue weighted by Crippen LogP contribution is 2.45. The number of cyclic esters (lactones) is 1. The van der Waals surface area contributed by atoms with Crippen molar-refractivity contribution in [2.24, 2.45) is 0 Å². The Bertz CT molecular complexity index is 1120.